The van der Waals surface area contributed by atoms with E-state index in [2.05, 4.69) is 10.6 Å². The van der Waals surface area contributed by atoms with Crippen molar-refractivity contribution in [2.24, 2.45) is 11.7 Å². The number of ether oxygens (including phenoxy) is 2. The topological polar surface area (TPSA) is 103 Å². The van der Waals surface area contributed by atoms with E-state index in [4.69, 9.17) is 15.2 Å². The maximum absolute atomic E-state index is 12.4. The fourth-order valence-corrected chi connectivity index (χ4v) is 3.37. The summed E-state index contributed by atoms with van der Waals surface area (Å²) in [4.78, 5) is 23.5. The van der Waals surface area contributed by atoms with Gasteiger partial charge >= 0.3 is 6.03 Å². The number of primary amides is 1. The van der Waals surface area contributed by atoms with E-state index in [1.165, 1.54) is 6.42 Å². The van der Waals surface area contributed by atoms with E-state index in [1.807, 2.05) is 13.8 Å². The number of amides is 3. The minimum absolute atomic E-state index is 0.0907. The van der Waals surface area contributed by atoms with Crippen LogP contribution in [0.3, 0.4) is 0 Å². The van der Waals surface area contributed by atoms with E-state index in [0.29, 0.717) is 17.2 Å². The van der Waals surface area contributed by atoms with Crippen LogP contribution in [0, 0.1) is 5.92 Å². The molecule has 0 radical (unpaired) electrons. The monoisotopic (exact) mass is 347 g/mol. The summed E-state index contributed by atoms with van der Waals surface area (Å²) in [6.45, 7) is 3.68. The molecule has 3 rings (SSSR count). The van der Waals surface area contributed by atoms with Gasteiger partial charge in [0.2, 0.25) is 5.91 Å². The molecule has 0 saturated heterocycles. The Morgan fingerprint density at radius 1 is 1.12 bits per heavy atom. The van der Waals surface area contributed by atoms with Crippen LogP contribution in [-0.4, -0.2) is 23.8 Å². The van der Waals surface area contributed by atoms with Gasteiger partial charge < -0.3 is 25.8 Å². The van der Waals surface area contributed by atoms with Crippen molar-refractivity contribution >= 4 is 17.6 Å². The van der Waals surface area contributed by atoms with Gasteiger partial charge in [0, 0.05) is 24.6 Å². The van der Waals surface area contributed by atoms with Crippen LogP contribution in [0.5, 0.6) is 11.5 Å². The first-order valence-corrected chi connectivity index (χ1v) is 8.77. The van der Waals surface area contributed by atoms with Crippen molar-refractivity contribution in [1.82, 2.24) is 5.32 Å². The molecule has 1 aromatic carbocycles. The molecule has 1 aliphatic carbocycles. The number of carbonyl (C=O) groups excluding carboxylic acids is 2. The maximum atomic E-state index is 12.4. The van der Waals surface area contributed by atoms with E-state index in [1.54, 1.807) is 18.2 Å². The number of fused-ring (bicyclic) bond motifs is 1. The van der Waals surface area contributed by atoms with Gasteiger partial charge in [-0.05, 0) is 30.9 Å². The smallest absolute Gasteiger partial charge is 0.312 e. The van der Waals surface area contributed by atoms with Gasteiger partial charge in [-0.15, -0.1) is 0 Å². The van der Waals surface area contributed by atoms with E-state index >= 15 is 0 Å². The second-order valence-electron chi connectivity index (χ2n) is 7.06. The Morgan fingerprint density at radius 2 is 1.80 bits per heavy atom. The molecule has 136 valence electrons. The van der Waals surface area contributed by atoms with Crippen molar-refractivity contribution in [3.8, 4) is 11.5 Å². The third kappa shape index (κ3) is 3.81. The zero-order chi connectivity index (χ0) is 18.0. The molecule has 1 unspecified atom stereocenters. The van der Waals surface area contributed by atoms with Gasteiger partial charge in [-0.1, -0.05) is 20.3 Å². The number of rotatable bonds is 4. The Morgan fingerprint density at radius 3 is 2.44 bits per heavy atom. The number of nitrogens with two attached hydrogens (primary N) is 1. The lowest BCUT2D eigenvalue weighted by Crippen LogP contribution is -2.49. The Hall–Kier alpha value is -2.44. The first-order valence-electron chi connectivity index (χ1n) is 8.77. The van der Waals surface area contributed by atoms with E-state index < -0.39 is 17.9 Å². The standard InChI is InChI=1S/C18H25N3O4/c1-11(2)15(21-17(19)23)16(22)20-12-6-7-13-14(10-12)25-18(24-13)8-4-3-5-9-18/h6-7,10-11,15H,3-5,8-9H2,1-2H3,(H,20,22)(H3,19,21,23). The van der Waals surface area contributed by atoms with Crippen LogP contribution < -0.4 is 25.8 Å². The molecular formula is C18H25N3O4. The Balaban J connectivity index is 1.70. The Labute approximate surface area is 147 Å². The highest BCUT2D eigenvalue weighted by molar-refractivity contribution is 5.97. The van der Waals surface area contributed by atoms with Crippen molar-refractivity contribution in [2.75, 3.05) is 5.32 Å². The number of anilines is 1. The summed E-state index contributed by atoms with van der Waals surface area (Å²) in [5.41, 5.74) is 5.74. The van der Waals surface area contributed by atoms with Crippen LogP contribution in [0.25, 0.3) is 0 Å². The van der Waals surface area contributed by atoms with Gasteiger partial charge in [0.25, 0.3) is 5.79 Å². The summed E-state index contributed by atoms with van der Waals surface area (Å²) >= 11 is 0. The molecule has 4 N–H and O–H groups in total. The normalized spacial score (nSPS) is 18.8. The van der Waals surface area contributed by atoms with Crippen molar-refractivity contribution in [3.05, 3.63) is 18.2 Å². The summed E-state index contributed by atoms with van der Waals surface area (Å²) in [6, 6.07) is 3.91. The zero-order valence-electron chi connectivity index (χ0n) is 14.6. The van der Waals surface area contributed by atoms with Crippen LogP contribution in [0.15, 0.2) is 18.2 Å². The average Bonchev–Trinajstić information content (AvgIpc) is 2.89. The van der Waals surface area contributed by atoms with Crippen molar-refractivity contribution in [3.63, 3.8) is 0 Å². The first kappa shape index (κ1) is 17.4. The van der Waals surface area contributed by atoms with E-state index in [0.717, 1.165) is 25.7 Å². The maximum Gasteiger partial charge on any atom is 0.312 e. The number of hydrogen-bond acceptors (Lipinski definition) is 4. The number of urea groups is 1. The molecule has 1 atom stereocenters. The fraction of sp³-hybridized carbons (Fsp3) is 0.556. The van der Waals surface area contributed by atoms with Crippen molar-refractivity contribution < 1.29 is 19.1 Å². The summed E-state index contributed by atoms with van der Waals surface area (Å²) in [5, 5.41) is 5.27. The predicted octanol–water partition coefficient (Wildman–Crippen LogP) is 2.75. The van der Waals surface area contributed by atoms with E-state index in [-0.39, 0.29) is 11.8 Å². The van der Waals surface area contributed by atoms with E-state index in [9.17, 15) is 9.59 Å². The number of benzene rings is 1. The summed E-state index contributed by atoms with van der Waals surface area (Å²) in [6.07, 6.45) is 5.14. The highest BCUT2D eigenvalue weighted by atomic mass is 16.7. The number of nitrogens with one attached hydrogen (secondary N) is 2. The van der Waals surface area contributed by atoms with Gasteiger partial charge in [-0.2, -0.15) is 0 Å². The summed E-state index contributed by atoms with van der Waals surface area (Å²) < 4.78 is 12.1. The molecule has 0 bridgehead atoms. The number of carbonyl (C=O) groups is 2. The average molecular weight is 347 g/mol. The lowest BCUT2D eigenvalue weighted by Gasteiger charge is -2.31. The van der Waals surface area contributed by atoms with Gasteiger partial charge in [0.05, 0.1) is 0 Å². The number of hydrogen-bond donors (Lipinski definition) is 3. The molecule has 2 aliphatic rings. The van der Waals surface area contributed by atoms with Crippen LogP contribution >= 0.6 is 0 Å². The van der Waals surface area contributed by atoms with Gasteiger partial charge in [-0.25, -0.2) is 4.79 Å². The Bertz CT molecular complexity index is 668. The highest BCUT2D eigenvalue weighted by Gasteiger charge is 2.42. The van der Waals surface area contributed by atoms with Gasteiger partial charge in [0.1, 0.15) is 6.04 Å². The second-order valence-corrected chi connectivity index (χ2v) is 7.06. The molecule has 3 amide bonds. The molecule has 25 heavy (non-hydrogen) atoms. The Kier molecular flexibility index (Phi) is 4.74. The predicted molar refractivity (Wildman–Crippen MR) is 93.5 cm³/mol. The molecule has 1 fully saturated rings. The first-order chi connectivity index (χ1) is 11.9. The quantitative estimate of drug-likeness (QED) is 0.779. The van der Waals surface area contributed by atoms with Crippen LogP contribution in [0.1, 0.15) is 46.0 Å². The molecule has 0 aromatic heterocycles. The highest BCUT2D eigenvalue weighted by Crippen LogP contribution is 2.46. The third-order valence-corrected chi connectivity index (χ3v) is 4.67. The molecule has 1 spiro atoms. The van der Waals surface area contributed by atoms with Crippen molar-refractivity contribution in [1.29, 1.82) is 0 Å². The van der Waals surface area contributed by atoms with Crippen molar-refractivity contribution in [2.45, 2.75) is 57.8 Å². The lowest BCUT2D eigenvalue weighted by atomic mass is 9.94. The molecule has 1 aliphatic heterocycles. The molecule has 1 heterocycles. The minimum atomic E-state index is -0.723. The summed E-state index contributed by atoms with van der Waals surface area (Å²) in [5.74, 6) is 0.392. The third-order valence-electron chi connectivity index (χ3n) is 4.67. The van der Waals surface area contributed by atoms with Crippen LogP contribution in [-0.2, 0) is 4.79 Å². The second kappa shape index (κ2) is 6.82. The van der Waals surface area contributed by atoms with Gasteiger partial charge in [-0.3, -0.25) is 4.79 Å². The molecule has 1 saturated carbocycles. The molecule has 7 heteroatoms. The molecule has 7 nitrogen and oxygen atoms in total. The molecular weight excluding hydrogens is 322 g/mol. The fourth-order valence-electron chi connectivity index (χ4n) is 3.37. The minimum Gasteiger partial charge on any atom is -0.448 e. The summed E-state index contributed by atoms with van der Waals surface area (Å²) in [7, 11) is 0. The lowest BCUT2D eigenvalue weighted by molar-refractivity contribution is -0.118. The molecule has 1 aromatic rings. The van der Waals surface area contributed by atoms with Crippen LogP contribution in [0.4, 0.5) is 10.5 Å². The SMILES string of the molecule is CC(C)C(NC(N)=O)C(=O)Nc1ccc2c(c1)OC1(CCCCC1)O2. The largest absolute Gasteiger partial charge is 0.448 e. The zero-order valence-corrected chi connectivity index (χ0v) is 14.6. The van der Waals surface area contributed by atoms with Crippen LogP contribution in [0.2, 0.25) is 0 Å². The van der Waals surface area contributed by atoms with Gasteiger partial charge in [0.15, 0.2) is 11.5 Å².